The number of nitrogens with zero attached hydrogens (tertiary/aromatic N) is 1. The Morgan fingerprint density at radius 1 is 0.872 bits per heavy atom. The van der Waals surface area contributed by atoms with Gasteiger partial charge in [-0.15, -0.1) is 0 Å². The van der Waals surface area contributed by atoms with Crippen LogP contribution in [0.4, 0.5) is 5.69 Å². The number of benzene rings is 3. The van der Waals surface area contributed by atoms with Gasteiger partial charge in [-0.2, -0.15) is 0 Å². The monoisotopic (exact) mass is 521 g/mol. The van der Waals surface area contributed by atoms with Crippen molar-refractivity contribution in [2.75, 3.05) is 11.5 Å². The molecule has 3 aromatic rings. The highest BCUT2D eigenvalue weighted by Gasteiger charge is 2.71. The number of ketones is 3. The van der Waals surface area contributed by atoms with E-state index in [2.05, 4.69) is 0 Å². The fourth-order valence-corrected chi connectivity index (χ4v) is 6.74. The summed E-state index contributed by atoms with van der Waals surface area (Å²) in [4.78, 5) is 56.7. The van der Waals surface area contributed by atoms with Crippen LogP contribution in [-0.2, 0) is 9.59 Å². The van der Waals surface area contributed by atoms with E-state index in [-0.39, 0.29) is 23.1 Å². The fraction of sp³-hybridized carbons (Fsp3) is 0.250. The van der Waals surface area contributed by atoms with Crippen LogP contribution >= 0.6 is 0 Å². The molecule has 7 nitrogen and oxygen atoms in total. The molecule has 0 bridgehead atoms. The van der Waals surface area contributed by atoms with Crippen LogP contribution in [0.15, 0.2) is 72.8 Å². The average molecular weight is 522 g/mol. The van der Waals surface area contributed by atoms with Crippen LogP contribution in [0.2, 0.25) is 0 Å². The van der Waals surface area contributed by atoms with Crippen molar-refractivity contribution in [3.8, 4) is 11.5 Å². The van der Waals surface area contributed by atoms with Gasteiger partial charge in [0.05, 0.1) is 24.4 Å². The van der Waals surface area contributed by atoms with E-state index in [1.54, 1.807) is 42.5 Å². The van der Waals surface area contributed by atoms with Gasteiger partial charge in [0.25, 0.3) is 0 Å². The fourth-order valence-electron chi connectivity index (χ4n) is 6.74. The molecule has 39 heavy (non-hydrogen) atoms. The number of fused-ring (bicyclic) bond motifs is 5. The number of rotatable bonds is 5. The van der Waals surface area contributed by atoms with E-state index >= 15 is 0 Å². The van der Waals surface area contributed by atoms with Crippen molar-refractivity contribution in [1.29, 1.82) is 0 Å². The molecule has 0 radical (unpaired) electrons. The first-order chi connectivity index (χ1) is 18.8. The van der Waals surface area contributed by atoms with Crippen molar-refractivity contribution in [3.63, 3.8) is 0 Å². The van der Waals surface area contributed by atoms with Gasteiger partial charge in [-0.1, -0.05) is 66.7 Å². The number of carbonyl (C=O) groups excluding carboxylic acids is 4. The van der Waals surface area contributed by atoms with Crippen LogP contribution in [0.1, 0.15) is 58.5 Å². The second-order valence-corrected chi connectivity index (χ2v) is 10.1. The van der Waals surface area contributed by atoms with E-state index in [9.17, 15) is 19.2 Å². The maximum Gasteiger partial charge on any atom is 0.308 e. The number of hydrogen-bond donors (Lipinski definition) is 0. The summed E-state index contributed by atoms with van der Waals surface area (Å²) in [6, 6.07) is 17.7. The summed E-state index contributed by atoms with van der Waals surface area (Å²) in [6.07, 6.45) is 3.67. The summed E-state index contributed by atoms with van der Waals surface area (Å²) in [6.45, 7) is 5.01. The standard InChI is InChI=1S/C32H27NO6/c1-4-38-24-14-8-7-13-23(24)27-28(18(2)34)33-26(17-16-20-10-9-15-25(29(20)33)39-19(3)35)32(27)30(36)21-11-5-6-12-22(21)31(32)37/h5-17,26-28H,4H2,1-3H3/t26-,27-,28+/m1/s1. The molecule has 2 heterocycles. The van der Waals surface area contributed by atoms with E-state index < -0.39 is 29.4 Å². The smallest absolute Gasteiger partial charge is 0.308 e. The normalized spacial score (nSPS) is 21.9. The zero-order chi connectivity index (χ0) is 27.5. The summed E-state index contributed by atoms with van der Waals surface area (Å²) in [5.41, 5.74) is 0.901. The Morgan fingerprint density at radius 2 is 1.51 bits per heavy atom. The number of hydrogen-bond acceptors (Lipinski definition) is 7. The van der Waals surface area contributed by atoms with Crippen LogP contribution in [0.25, 0.3) is 6.08 Å². The number of ether oxygens (including phenoxy) is 2. The lowest BCUT2D eigenvalue weighted by atomic mass is 9.64. The van der Waals surface area contributed by atoms with E-state index in [1.165, 1.54) is 13.8 Å². The molecule has 3 atom stereocenters. The van der Waals surface area contributed by atoms with Crippen molar-refractivity contribution in [2.24, 2.45) is 5.41 Å². The Balaban J connectivity index is 1.70. The van der Waals surface area contributed by atoms with Gasteiger partial charge in [0, 0.05) is 35.1 Å². The molecule has 2 aliphatic heterocycles. The molecule has 1 aliphatic carbocycles. The van der Waals surface area contributed by atoms with Crippen molar-refractivity contribution >= 4 is 35.1 Å². The van der Waals surface area contributed by atoms with E-state index in [0.717, 1.165) is 5.56 Å². The van der Waals surface area contributed by atoms with Gasteiger partial charge in [0.2, 0.25) is 0 Å². The lowest BCUT2D eigenvalue weighted by Gasteiger charge is -2.37. The third-order valence-electron chi connectivity index (χ3n) is 8.01. The Morgan fingerprint density at radius 3 is 2.15 bits per heavy atom. The Kier molecular flexibility index (Phi) is 5.75. The SMILES string of the molecule is CCOc1ccccc1[C@@H]1[C@H](C(C)=O)N2c3c(cccc3OC(C)=O)C=C[C@@H]2C12C(=O)c1ccccc1C2=O. The molecule has 1 fully saturated rings. The Bertz CT molecular complexity index is 1550. The van der Waals surface area contributed by atoms with Gasteiger partial charge in [-0.25, -0.2) is 0 Å². The molecule has 3 aromatic carbocycles. The van der Waals surface area contributed by atoms with Crippen LogP contribution in [0.5, 0.6) is 11.5 Å². The number of carbonyl (C=O) groups is 4. The van der Waals surface area contributed by atoms with Crippen LogP contribution in [0, 0.1) is 5.41 Å². The first kappa shape index (κ1) is 24.8. The van der Waals surface area contributed by atoms with E-state index in [4.69, 9.17) is 9.47 Å². The van der Waals surface area contributed by atoms with Gasteiger partial charge in [0.1, 0.15) is 11.2 Å². The molecule has 0 N–H and O–H groups in total. The minimum absolute atomic E-state index is 0.219. The predicted molar refractivity (Wildman–Crippen MR) is 145 cm³/mol. The van der Waals surface area contributed by atoms with Gasteiger partial charge < -0.3 is 14.4 Å². The molecule has 196 valence electrons. The van der Waals surface area contributed by atoms with Gasteiger partial charge in [-0.05, 0) is 26.0 Å². The molecule has 0 amide bonds. The Hall–Kier alpha value is -4.52. The maximum absolute atomic E-state index is 14.6. The lowest BCUT2D eigenvalue weighted by Crippen LogP contribution is -2.48. The van der Waals surface area contributed by atoms with Crippen molar-refractivity contribution in [1.82, 2.24) is 0 Å². The Labute approximate surface area is 226 Å². The minimum atomic E-state index is -1.63. The zero-order valence-corrected chi connectivity index (χ0v) is 21.8. The quantitative estimate of drug-likeness (QED) is 0.264. The molecule has 0 aromatic heterocycles. The second kappa shape index (κ2) is 9.05. The van der Waals surface area contributed by atoms with Crippen molar-refractivity contribution in [3.05, 3.63) is 95.1 Å². The summed E-state index contributed by atoms with van der Waals surface area (Å²) >= 11 is 0. The molecule has 0 unspecified atom stereocenters. The average Bonchev–Trinajstić information content (AvgIpc) is 3.35. The second-order valence-electron chi connectivity index (χ2n) is 10.1. The largest absolute Gasteiger partial charge is 0.494 e. The molecular formula is C32H27NO6. The molecule has 0 saturated carbocycles. The first-order valence-corrected chi connectivity index (χ1v) is 13.0. The molecular weight excluding hydrogens is 494 g/mol. The van der Waals surface area contributed by atoms with Gasteiger partial charge in [0.15, 0.2) is 23.1 Å². The molecule has 1 saturated heterocycles. The lowest BCUT2D eigenvalue weighted by molar-refractivity contribution is -0.131. The summed E-state index contributed by atoms with van der Waals surface area (Å²) in [7, 11) is 0. The number of anilines is 1. The van der Waals surface area contributed by atoms with Gasteiger partial charge >= 0.3 is 5.97 Å². The minimum Gasteiger partial charge on any atom is -0.494 e. The van der Waals surface area contributed by atoms with Crippen molar-refractivity contribution < 1.29 is 28.7 Å². The molecule has 3 aliphatic rings. The summed E-state index contributed by atoms with van der Waals surface area (Å²) in [5.74, 6) is -1.46. The summed E-state index contributed by atoms with van der Waals surface area (Å²) in [5, 5.41) is 0. The van der Waals surface area contributed by atoms with E-state index in [0.29, 0.717) is 34.7 Å². The predicted octanol–water partition coefficient (Wildman–Crippen LogP) is 5.03. The zero-order valence-electron chi connectivity index (χ0n) is 21.8. The van der Waals surface area contributed by atoms with Gasteiger partial charge in [-0.3, -0.25) is 19.2 Å². The highest BCUT2D eigenvalue weighted by atomic mass is 16.5. The third-order valence-corrected chi connectivity index (χ3v) is 8.01. The molecule has 1 spiro atoms. The summed E-state index contributed by atoms with van der Waals surface area (Å²) < 4.78 is 11.6. The van der Waals surface area contributed by atoms with Crippen LogP contribution in [-0.4, -0.2) is 42.0 Å². The molecule has 6 rings (SSSR count). The third kappa shape index (κ3) is 3.35. The number of esters is 1. The first-order valence-electron chi connectivity index (χ1n) is 13.0. The van der Waals surface area contributed by atoms with Crippen molar-refractivity contribution in [2.45, 2.75) is 38.8 Å². The highest BCUT2D eigenvalue weighted by molar-refractivity contribution is 6.32. The van der Waals surface area contributed by atoms with Crippen LogP contribution in [0.3, 0.4) is 0 Å². The molecule has 7 heteroatoms. The van der Waals surface area contributed by atoms with Crippen LogP contribution < -0.4 is 14.4 Å². The number of para-hydroxylation sites is 2. The highest BCUT2D eigenvalue weighted by Crippen LogP contribution is 2.62. The maximum atomic E-state index is 14.6. The topological polar surface area (TPSA) is 90.0 Å². The number of Topliss-reactive ketones (excluding diaryl/α,β-unsaturated/α-hetero) is 3. The van der Waals surface area contributed by atoms with E-state index in [1.807, 2.05) is 48.2 Å².